The Hall–Kier alpha value is -3.21. The summed E-state index contributed by atoms with van der Waals surface area (Å²) in [5.74, 6) is 0.186. The minimum absolute atomic E-state index is 0.195. The summed E-state index contributed by atoms with van der Waals surface area (Å²) in [6.07, 6.45) is 3.58. The average Bonchev–Trinajstić information content (AvgIpc) is 3.17. The van der Waals surface area contributed by atoms with E-state index in [1.54, 1.807) is 23.2 Å². The largest absolute Gasteiger partial charge is 0.338 e. The maximum atomic E-state index is 12.8. The van der Waals surface area contributed by atoms with Gasteiger partial charge in [0.1, 0.15) is 5.56 Å². The highest BCUT2D eigenvalue weighted by molar-refractivity contribution is 5.94. The van der Waals surface area contributed by atoms with Crippen molar-refractivity contribution in [3.63, 3.8) is 0 Å². The minimum atomic E-state index is -0.338. The number of rotatable bonds is 4. The van der Waals surface area contributed by atoms with Crippen LogP contribution in [0.4, 0.5) is 0 Å². The lowest BCUT2D eigenvalue weighted by atomic mass is 10.0. The second kappa shape index (κ2) is 7.58. The van der Waals surface area contributed by atoms with Crippen LogP contribution in [0.2, 0.25) is 0 Å². The predicted molar refractivity (Wildman–Crippen MR) is 104 cm³/mol. The molecule has 1 unspecified atom stereocenters. The molecule has 0 saturated carbocycles. The Bertz CT molecular complexity index is 983. The predicted octanol–water partition coefficient (Wildman–Crippen LogP) is 3.14. The van der Waals surface area contributed by atoms with E-state index in [9.17, 15) is 9.59 Å². The van der Waals surface area contributed by atoms with E-state index in [1.807, 2.05) is 48.5 Å². The number of nitrogens with zero attached hydrogens (tertiary/aromatic N) is 2. The van der Waals surface area contributed by atoms with Crippen LogP contribution in [0.3, 0.4) is 0 Å². The molecule has 3 aromatic rings. The number of hydrogen-bond acceptors (Lipinski definition) is 3. The van der Waals surface area contributed by atoms with Crippen molar-refractivity contribution in [3.8, 4) is 11.3 Å². The fourth-order valence-electron chi connectivity index (χ4n) is 3.60. The number of amides is 1. The van der Waals surface area contributed by atoms with E-state index >= 15 is 0 Å². The van der Waals surface area contributed by atoms with Crippen molar-refractivity contribution in [2.24, 2.45) is 5.92 Å². The van der Waals surface area contributed by atoms with Gasteiger partial charge in [0.25, 0.3) is 11.5 Å². The molecule has 1 atom stereocenters. The molecule has 5 heteroatoms. The van der Waals surface area contributed by atoms with Crippen LogP contribution in [-0.4, -0.2) is 33.9 Å². The fourth-order valence-corrected chi connectivity index (χ4v) is 3.60. The Morgan fingerprint density at radius 1 is 1.07 bits per heavy atom. The monoisotopic (exact) mass is 359 g/mol. The number of likely N-dealkylation sites (tertiary alicyclic amines) is 1. The zero-order chi connectivity index (χ0) is 18.6. The van der Waals surface area contributed by atoms with Gasteiger partial charge in [-0.05, 0) is 48.6 Å². The maximum absolute atomic E-state index is 12.8. The summed E-state index contributed by atoms with van der Waals surface area (Å²) in [6, 6.07) is 18.9. The van der Waals surface area contributed by atoms with E-state index in [0.29, 0.717) is 24.7 Å². The lowest BCUT2D eigenvalue weighted by Gasteiger charge is -2.16. The first-order chi connectivity index (χ1) is 13.2. The first-order valence-corrected chi connectivity index (χ1v) is 9.18. The number of carbonyl (C=O) groups is 1. The summed E-state index contributed by atoms with van der Waals surface area (Å²) in [5.41, 5.74) is 2.54. The number of pyridine rings is 2. The van der Waals surface area contributed by atoms with Gasteiger partial charge in [-0.25, -0.2) is 0 Å². The fraction of sp³-hybridized carbons (Fsp3) is 0.227. The topological polar surface area (TPSA) is 66.1 Å². The molecule has 0 aliphatic carbocycles. The van der Waals surface area contributed by atoms with Crippen LogP contribution in [0.25, 0.3) is 11.3 Å². The summed E-state index contributed by atoms with van der Waals surface area (Å²) in [7, 11) is 0. The maximum Gasteiger partial charge on any atom is 0.261 e. The summed E-state index contributed by atoms with van der Waals surface area (Å²) in [4.78, 5) is 34.3. The number of aromatic amines is 1. The van der Waals surface area contributed by atoms with Crippen molar-refractivity contribution in [2.75, 3.05) is 13.1 Å². The molecule has 5 nitrogen and oxygen atoms in total. The van der Waals surface area contributed by atoms with Crippen LogP contribution in [0.15, 0.2) is 71.7 Å². The van der Waals surface area contributed by atoms with Gasteiger partial charge in [0.05, 0.1) is 0 Å². The highest BCUT2D eigenvalue weighted by atomic mass is 16.2. The van der Waals surface area contributed by atoms with Crippen LogP contribution in [0.5, 0.6) is 0 Å². The van der Waals surface area contributed by atoms with Gasteiger partial charge in [-0.3, -0.25) is 14.6 Å². The summed E-state index contributed by atoms with van der Waals surface area (Å²) in [5, 5.41) is 0. The Kier molecular flexibility index (Phi) is 4.83. The number of nitrogens with one attached hydrogen (secondary N) is 1. The molecule has 0 bridgehead atoms. The van der Waals surface area contributed by atoms with E-state index in [2.05, 4.69) is 9.97 Å². The van der Waals surface area contributed by atoms with Crippen molar-refractivity contribution in [3.05, 3.63) is 88.5 Å². The van der Waals surface area contributed by atoms with Gasteiger partial charge in [0, 0.05) is 30.7 Å². The molecular weight excluding hydrogens is 338 g/mol. The average molecular weight is 359 g/mol. The van der Waals surface area contributed by atoms with Gasteiger partial charge in [0.15, 0.2) is 0 Å². The van der Waals surface area contributed by atoms with E-state index < -0.39 is 0 Å². The molecule has 2 aromatic heterocycles. The number of hydrogen-bond donors (Lipinski definition) is 1. The molecule has 1 aliphatic heterocycles. The summed E-state index contributed by atoms with van der Waals surface area (Å²) in [6.45, 7) is 1.34. The number of carbonyl (C=O) groups excluding carboxylic acids is 1. The smallest absolute Gasteiger partial charge is 0.261 e. The summed E-state index contributed by atoms with van der Waals surface area (Å²) < 4.78 is 0. The quantitative estimate of drug-likeness (QED) is 0.778. The molecule has 4 rings (SSSR count). The minimum Gasteiger partial charge on any atom is -0.338 e. The van der Waals surface area contributed by atoms with Crippen molar-refractivity contribution >= 4 is 5.91 Å². The molecule has 1 saturated heterocycles. The zero-order valence-electron chi connectivity index (χ0n) is 15.0. The first-order valence-electron chi connectivity index (χ1n) is 9.18. The molecule has 1 aromatic carbocycles. The molecule has 1 fully saturated rings. The second-order valence-electron chi connectivity index (χ2n) is 6.91. The van der Waals surface area contributed by atoms with E-state index in [0.717, 1.165) is 24.1 Å². The molecule has 0 spiro atoms. The van der Waals surface area contributed by atoms with Crippen molar-refractivity contribution in [1.29, 1.82) is 0 Å². The van der Waals surface area contributed by atoms with Gasteiger partial charge >= 0.3 is 0 Å². The number of H-pyrrole nitrogens is 1. The molecular formula is C22H21N3O2. The van der Waals surface area contributed by atoms with Crippen molar-refractivity contribution < 1.29 is 4.79 Å². The third kappa shape index (κ3) is 3.82. The van der Waals surface area contributed by atoms with Crippen molar-refractivity contribution in [2.45, 2.75) is 12.8 Å². The van der Waals surface area contributed by atoms with Crippen LogP contribution < -0.4 is 5.56 Å². The van der Waals surface area contributed by atoms with Gasteiger partial charge in [0.2, 0.25) is 0 Å². The van der Waals surface area contributed by atoms with Gasteiger partial charge < -0.3 is 9.88 Å². The second-order valence-corrected chi connectivity index (χ2v) is 6.91. The normalized spacial score (nSPS) is 16.4. The first kappa shape index (κ1) is 17.2. The Morgan fingerprint density at radius 3 is 2.63 bits per heavy atom. The highest BCUT2D eigenvalue weighted by Crippen LogP contribution is 2.22. The molecule has 136 valence electrons. The van der Waals surface area contributed by atoms with E-state index in [-0.39, 0.29) is 17.0 Å². The third-order valence-corrected chi connectivity index (χ3v) is 5.02. The zero-order valence-corrected chi connectivity index (χ0v) is 15.0. The molecule has 3 heterocycles. The molecule has 27 heavy (non-hydrogen) atoms. The van der Waals surface area contributed by atoms with Crippen LogP contribution in [-0.2, 0) is 6.42 Å². The Balaban J connectivity index is 1.46. The lowest BCUT2D eigenvalue weighted by molar-refractivity contribution is 0.0785. The van der Waals surface area contributed by atoms with Crippen LogP contribution >= 0.6 is 0 Å². The molecule has 0 radical (unpaired) electrons. The van der Waals surface area contributed by atoms with Crippen LogP contribution in [0, 0.1) is 5.92 Å². The highest BCUT2D eigenvalue weighted by Gasteiger charge is 2.28. The Labute approximate surface area is 157 Å². The SMILES string of the molecule is O=C(c1ccc(-c2ccccc2)[nH]c1=O)N1CCC(Cc2ccccn2)C1. The lowest BCUT2D eigenvalue weighted by Crippen LogP contribution is -2.33. The summed E-state index contributed by atoms with van der Waals surface area (Å²) >= 11 is 0. The van der Waals surface area contributed by atoms with Gasteiger partial charge in [-0.15, -0.1) is 0 Å². The van der Waals surface area contributed by atoms with E-state index in [1.165, 1.54) is 0 Å². The Morgan fingerprint density at radius 2 is 1.89 bits per heavy atom. The van der Waals surface area contributed by atoms with Gasteiger partial charge in [-0.1, -0.05) is 36.4 Å². The molecule has 1 aliphatic rings. The molecule has 1 N–H and O–H groups in total. The van der Waals surface area contributed by atoms with E-state index in [4.69, 9.17) is 0 Å². The van der Waals surface area contributed by atoms with Crippen molar-refractivity contribution in [1.82, 2.24) is 14.9 Å². The van der Waals surface area contributed by atoms with Crippen LogP contribution in [0.1, 0.15) is 22.5 Å². The molecule has 1 amide bonds. The third-order valence-electron chi connectivity index (χ3n) is 5.02. The number of benzene rings is 1. The number of aromatic nitrogens is 2. The van der Waals surface area contributed by atoms with Gasteiger partial charge in [-0.2, -0.15) is 0 Å². The standard InChI is InChI=1S/C22H21N3O2/c26-21-19(9-10-20(24-21)17-6-2-1-3-7-17)22(27)25-13-11-16(15-25)14-18-8-4-5-12-23-18/h1-10,12,16H,11,13-15H2,(H,24,26).